The van der Waals surface area contributed by atoms with E-state index in [0.29, 0.717) is 0 Å². The molecule has 4 aromatic heterocycles. The molecule has 0 saturated heterocycles. The summed E-state index contributed by atoms with van der Waals surface area (Å²) in [5, 5.41) is 11.4. The van der Waals surface area contributed by atoms with E-state index in [4.69, 9.17) is 0 Å². The Morgan fingerprint density at radius 1 is 0.106 bits per heavy atom. The maximum Gasteiger partial charge on any atom is 0.0576 e. The summed E-state index contributed by atoms with van der Waals surface area (Å²) in [7, 11) is 0. The van der Waals surface area contributed by atoms with Gasteiger partial charge in [-0.05, 0) is 614 Å². The van der Waals surface area contributed by atoms with Crippen molar-refractivity contribution in [2.45, 2.75) is 325 Å². The second-order valence-electron chi connectivity index (χ2n) is 39.9. The van der Waals surface area contributed by atoms with E-state index in [1.807, 2.05) is 0 Å². The predicted molar refractivity (Wildman–Crippen MR) is 542 cm³/mol. The molecule has 0 bridgehead atoms. The topological polar surface area (TPSA) is 19.7 Å². The van der Waals surface area contributed by atoms with Crippen LogP contribution in [0.25, 0.3) is 132 Å². The molecule has 0 amide bonds. The Morgan fingerprint density at radius 3 is 0.358 bits per heavy atom. The van der Waals surface area contributed by atoms with Gasteiger partial charge in [0, 0.05) is 43.1 Å². The van der Waals surface area contributed by atoms with Gasteiger partial charge in [-0.25, -0.2) is 0 Å². The molecule has 0 aliphatic heterocycles. The van der Waals surface area contributed by atoms with Crippen LogP contribution < -0.4 is 0 Å². The minimum Gasteiger partial charge on any atom is -0.308 e. The van der Waals surface area contributed by atoms with Crippen LogP contribution in [0.5, 0.6) is 0 Å². The molecule has 12 aromatic carbocycles. The molecule has 0 radical (unpaired) electrons. The highest BCUT2D eigenvalue weighted by Gasteiger charge is 2.38. The Labute approximate surface area is 737 Å². The Bertz CT molecular complexity index is 6900. The highest BCUT2D eigenvalue weighted by Crippen LogP contribution is 2.56. The number of aryl methyl sites for hydroxylation is 16. The molecule has 0 unspecified atom stereocenters. The SMILES string of the molecule is Cc1c(C)c(-n2c3c(C)c(C)c(C)c(C)c3c3c(C)c(C)c(C)c(C)c32)c(C)c(C)c1-c1c(C)c(C)c(-n2c3c(C)c(C)c(C)c(C)c3c3c(C)c(C)c(C)c(C)c32)c(C)c1C.Cc1c(C)c(-n2c3c(C)c(C)c(C)c(C)c3c3c(C)c(C)c(C)c(C)c32)c(C)c2c1-c1c(C)c(C)c(-n3c4c(C)c(C)c(C)c(C)c4c4c(C)c(C)c(C)c(C)c43)c(C)c1C2. The molecular weight excluding hydrogens is 1490 g/mol. The number of nitrogens with zero attached hydrogens (tertiary/aromatic N) is 4. The summed E-state index contributed by atoms with van der Waals surface area (Å²) in [6.07, 6.45) is 0.942. The predicted octanol–water partition coefficient (Wildman–Crippen LogP) is 33.2. The zero-order valence-corrected chi connectivity index (χ0v) is 84.5. The van der Waals surface area contributed by atoms with Crippen molar-refractivity contribution in [3.05, 3.63) is 267 Å². The van der Waals surface area contributed by atoms with Crippen LogP contribution in [0.15, 0.2) is 0 Å². The molecule has 0 atom stereocenters. The molecule has 4 nitrogen and oxygen atoms in total. The van der Waals surface area contributed by atoms with Gasteiger partial charge in [0.05, 0.1) is 66.9 Å². The molecule has 0 spiro atoms. The maximum absolute atomic E-state index is 2.73. The molecule has 16 aromatic rings. The quantitative estimate of drug-likeness (QED) is 0.164. The van der Waals surface area contributed by atoms with Crippen molar-refractivity contribution in [1.82, 2.24) is 18.3 Å². The zero-order chi connectivity index (χ0) is 90.6. The van der Waals surface area contributed by atoms with Crippen molar-refractivity contribution < 1.29 is 0 Å². The standard InChI is InChI=1S/C60H72N2.C59H68N2/c1-25-29(5)41(17)57-51(33(25)9)52-34(10)26(2)30(6)42(18)58(52)61(57)55-45(21)37(13)49(38(14)46(55)22)50-39(15)47(23)56(48(24)40(50)16)62-59-43(19)31(7)27(3)35(11)53(59)54-36(12)28(4)32(8)44(20)60(54)62;1-24-28(5)38(15)56-50(32(24)9)51-33(10)25(2)29(6)39(16)57(51)60(56)54-42(19)36(13)48-46(44(54)21)23-47-45(22)55(43(20)37(14)49(47)48)61-58-40(17)30(7)26(3)34(11)52(58)53-35(12)27(4)31(8)41(18)59(53)61/h1-24H3;23H2,1-22H3. The fraction of sp³-hybridized carbons (Fsp3) is 0.395. The number of fused-ring (bicyclic) bond motifs is 15. The summed E-state index contributed by atoms with van der Waals surface area (Å²) in [5.41, 5.74) is 89.6. The minimum absolute atomic E-state index is 0.942. The van der Waals surface area contributed by atoms with E-state index >= 15 is 0 Å². The summed E-state index contributed by atoms with van der Waals surface area (Å²) in [5.74, 6) is 0. The molecule has 123 heavy (non-hydrogen) atoms. The van der Waals surface area contributed by atoms with E-state index < -0.39 is 0 Å². The van der Waals surface area contributed by atoms with Crippen LogP contribution in [0, 0.1) is 318 Å². The smallest absolute Gasteiger partial charge is 0.0576 e. The van der Waals surface area contributed by atoms with Crippen molar-refractivity contribution in [3.8, 4) is 45.0 Å². The van der Waals surface area contributed by atoms with Crippen molar-refractivity contribution in [2.75, 3.05) is 0 Å². The largest absolute Gasteiger partial charge is 0.308 e. The summed E-state index contributed by atoms with van der Waals surface area (Å²) in [6.45, 7) is 109. The lowest BCUT2D eigenvalue weighted by Crippen LogP contribution is -2.11. The number of hydrogen-bond acceptors (Lipinski definition) is 0. The van der Waals surface area contributed by atoms with Gasteiger partial charge in [0.15, 0.2) is 0 Å². The third-order valence-corrected chi connectivity index (χ3v) is 35.7. The summed E-state index contributed by atoms with van der Waals surface area (Å²) in [4.78, 5) is 0. The van der Waals surface area contributed by atoms with Crippen molar-refractivity contribution >= 4 is 87.2 Å². The van der Waals surface area contributed by atoms with E-state index in [-0.39, 0.29) is 0 Å². The fourth-order valence-electron chi connectivity index (χ4n) is 24.7. The molecule has 636 valence electrons. The maximum atomic E-state index is 2.73. The molecular formula is C119H140N4. The molecule has 17 rings (SSSR count). The summed E-state index contributed by atoms with van der Waals surface area (Å²) < 4.78 is 10.9. The number of aromatic nitrogens is 4. The average Bonchev–Trinajstić information content (AvgIpc) is 1.53. The van der Waals surface area contributed by atoms with Gasteiger partial charge < -0.3 is 18.3 Å². The van der Waals surface area contributed by atoms with Gasteiger partial charge in [-0.3, -0.25) is 0 Å². The van der Waals surface area contributed by atoms with Crippen LogP contribution in [0.2, 0.25) is 0 Å². The molecule has 0 fully saturated rings. The summed E-state index contributed by atoms with van der Waals surface area (Å²) >= 11 is 0. The van der Waals surface area contributed by atoms with E-state index in [2.05, 4.69) is 337 Å². The average molecular weight is 1630 g/mol. The van der Waals surface area contributed by atoms with Gasteiger partial charge >= 0.3 is 0 Å². The second-order valence-corrected chi connectivity index (χ2v) is 39.9. The summed E-state index contributed by atoms with van der Waals surface area (Å²) in [6, 6.07) is 0. The fourth-order valence-corrected chi connectivity index (χ4v) is 24.7. The first-order valence-corrected chi connectivity index (χ1v) is 45.9. The Hall–Kier alpha value is -10.2. The lowest BCUT2D eigenvalue weighted by atomic mass is 9.81. The van der Waals surface area contributed by atoms with Gasteiger partial charge in [0.25, 0.3) is 0 Å². The van der Waals surface area contributed by atoms with Crippen molar-refractivity contribution in [2.24, 2.45) is 0 Å². The van der Waals surface area contributed by atoms with Crippen LogP contribution in [0.4, 0.5) is 0 Å². The number of rotatable bonds is 5. The first-order chi connectivity index (χ1) is 57.4. The molecule has 4 heteroatoms. The Kier molecular flexibility index (Phi) is 20.1. The monoisotopic (exact) mass is 1630 g/mol. The minimum atomic E-state index is 0.942. The lowest BCUT2D eigenvalue weighted by molar-refractivity contribution is 1.05. The van der Waals surface area contributed by atoms with Gasteiger partial charge in [0.1, 0.15) is 0 Å². The molecule has 1 aliphatic rings. The van der Waals surface area contributed by atoms with E-state index in [1.54, 1.807) is 0 Å². The van der Waals surface area contributed by atoms with Gasteiger partial charge in [-0.2, -0.15) is 0 Å². The van der Waals surface area contributed by atoms with E-state index in [0.717, 1.165) is 6.42 Å². The zero-order valence-electron chi connectivity index (χ0n) is 84.5. The number of hydrogen-bond donors (Lipinski definition) is 0. The highest BCUT2D eigenvalue weighted by molar-refractivity contribution is 6.20. The molecule has 4 heterocycles. The van der Waals surface area contributed by atoms with Crippen LogP contribution >= 0.6 is 0 Å². The molecule has 1 aliphatic carbocycles. The van der Waals surface area contributed by atoms with Gasteiger partial charge in [-0.1, -0.05) is 0 Å². The van der Waals surface area contributed by atoms with Crippen LogP contribution in [-0.2, 0) is 6.42 Å². The van der Waals surface area contributed by atoms with Gasteiger partial charge in [-0.15, -0.1) is 0 Å². The normalized spacial score (nSPS) is 12.4. The van der Waals surface area contributed by atoms with Gasteiger partial charge in [0.2, 0.25) is 0 Å². The first kappa shape index (κ1) is 86.4. The number of benzene rings is 12. The third kappa shape index (κ3) is 10.8. The highest BCUT2D eigenvalue weighted by atomic mass is 15.0. The first-order valence-electron chi connectivity index (χ1n) is 45.9. The second kappa shape index (κ2) is 28.7. The van der Waals surface area contributed by atoms with E-state index in [9.17, 15) is 0 Å². The van der Waals surface area contributed by atoms with Crippen molar-refractivity contribution in [1.29, 1.82) is 0 Å². The lowest BCUT2D eigenvalue weighted by Gasteiger charge is -2.28. The van der Waals surface area contributed by atoms with Crippen LogP contribution in [-0.4, -0.2) is 18.3 Å². The van der Waals surface area contributed by atoms with Crippen molar-refractivity contribution in [3.63, 3.8) is 0 Å². The third-order valence-electron chi connectivity index (χ3n) is 35.7. The molecule has 0 saturated carbocycles. The van der Waals surface area contributed by atoms with Crippen LogP contribution in [0.3, 0.4) is 0 Å². The Morgan fingerprint density at radius 2 is 0.220 bits per heavy atom. The van der Waals surface area contributed by atoms with Crippen LogP contribution in [0.1, 0.15) is 267 Å². The molecule has 0 N–H and O–H groups in total. The Balaban J connectivity index is 0.000000182. The van der Waals surface area contributed by atoms with E-state index in [1.165, 1.54) is 399 Å².